The Morgan fingerprint density at radius 2 is 1.87 bits per heavy atom. The van der Waals surface area contributed by atoms with Gasteiger partial charge in [-0.25, -0.2) is 14.8 Å². The van der Waals surface area contributed by atoms with Crippen LogP contribution in [-0.4, -0.2) is 64.0 Å². The summed E-state index contributed by atoms with van der Waals surface area (Å²) >= 11 is 0. The van der Waals surface area contributed by atoms with Crippen LogP contribution in [0.25, 0.3) is 10.9 Å². The fourth-order valence-corrected chi connectivity index (χ4v) is 5.62. The zero-order valence-corrected chi connectivity index (χ0v) is 21.6. The Kier molecular flexibility index (Phi) is 6.19. The first-order valence-electron chi connectivity index (χ1n) is 12.9. The lowest BCUT2D eigenvalue weighted by Gasteiger charge is -2.38. The topological polar surface area (TPSA) is 92.6 Å². The number of amides is 2. The van der Waals surface area contributed by atoms with Crippen molar-refractivity contribution in [2.75, 3.05) is 37.0 Å². The van der Waals surface area contributed by atoms with Crippen LogP contribution in [0.4, 0.5) is 16.3 Å². The molecule has 2 aromatic heterocycles. The predicted octanol–water partition coefficient (Wildman–Crippen LogP) is 4.27. The van der Waals surface area contributed by atoms with E-state index in [0.29, 0.717) is 17.8 Å². The van der Waals surface area contributed by atoms with E-state index < -0.39 is 0 Å². The molecule has 194 valence electrons. The molecular formula is C29H30N6O3. The molecular weight excluding hydrogens is 480 g/mol. The Balaban J connectivity index is 1.14. The van der Waals surface area contributed by atoms with Crippen molar-refractivity contribution in [1.82, 2.24) is 19.4 Å². The average Bonchev–Trinajstić information content (AvgIpc) is 3.20. The number of aromatic nitrogens is 3. The summed E-state index contributed by atoms with van der Waals surface area (Å²) in [5, 5.41) is 3.99. The standard InChI is InChI=1S/C29H30N6O3/c1-33-17-23(22-5-3-4-6-26(22)33)28(36)25-16-27(31-18-30-25)34-12-10-20(11-13-34)35-14-9-19-15-21(38-2)7-8-24(19)32-29(35)37/h3-8,15-18,20H,9-14H2,1-2H3,(H,32,37). The number of methoxy groups -OCH3 is 1. The zero-order chi connectivity index (χ0) is 26.2. The number of rotatable bonds is 5. The monoisotopic (exact) mass is 510 g/mol. The van der Waals surface area contributed by atoms with Crippen molar-refractivity contribution in [3.05, 3.63) is 77.9 Å². The maximum atomic E-state index is 13.4. The minimum Gasteiger partial charge on any atom is -0.497 e. The normalized spacial score (nSPS) is 16.2. The number of anilines is 2. The average molecular weight is 511 g/mol. The molecule has 4 aromatic rings. The van der Waals surface area contributed by atoms with E-state index in [1.165, 1.54) is 6.33 Å². The lowest BCUT2D eigenvalue weighted by atomic mass is 10.0. The van der Waals surface area contributed by atoms with Gasteiger partial charge in [0.05, 0.1) is 7.11 Å². The van der Waals surface area contributed by atoms with Crippen LogP contribution in [0.5, 0.6) is 5.75 Å². The van der Waals surface area contributed by atoms with Crippen LogP contribution in [-0.2, 0) is 13.5 Å². The summed E-state index contributed by atoms with van der Waals surface area (Å²) in [4.78, 5) is 39.3. The molecule has 0 spiro atoms. The minimum absolute atomic E-state index is 0.0580. The lowest BCUT2D eigenvalue weighted by Crippen LogP contribution is -2.49. The maximum absolute atomic E-state index is 13.4. The molecule has 1 fully saturated rings. The number of nitrogens with one attached hydrogen (secondary N) is 1. The SMILES string of the molecule is COc1ccc2c(c1)CCN(C1CCN(c3cc(C(=O)c4cn(C)c5ccccc45)ncn3)CC1)C(=O)N2. The Morgan fingerprint density at radius 1 is 1.05 bits per heavy atom. The molecule has 1 saturated heterocycles. The summed E-state index contributed by atoms with van der Waals surface area (Å²) in [6.45, 7) is 2.15. The number of carbonyl (C=O) groups excluding carboxylic acids is 2. The molecule has 0 unspecified atom stereocenters. The van der Waals surface area contributed by atoms with E-state index in [1.54, 1.807) is 13.2 Å². The number of fused-ring (bicyclic) bond motifs is 2. The molecule has 2 aliphatic rings. The van der Waals surface area contributed by atoms with Crippen molar-refractivity contribution in [1.29, 1.82) is 0 Å². The lowest BCUT2D eigenvalue weighted by molar-refractivity contribution is 0.103. The van der Waals surface area contributed by atoms with Gasteiger partial charge in [0, 0.05) is 67.1 Å². The first kappa shape index (κ1) is 24.0. The highest BCUT2D eigenvalue weighted by atomic mass is 16.5. The Bertz CT molecular complexity index is 1520. The van der Waals surface area contributed by atoms with Gasteiger partial charge in [-0.2, -0.15) is 0 Å². The van der Waals surface area contributed by atoms with E-state index >= 15 is 0 Å². The van der Waals surface area contributed by atoms with Crippen molar-refractivity contribution in [2.24, 2.45) is 7.05 Å². The fraction of sp³-hybridized carbons (Fsp3) is 0.310. The van der Waals surface area contributed by atoms with Gasteiger partial charge in [-0.1, -0.05) is 18.2 Å². The fourth-order valence-electron chi connectivity index (χ4n) is 5.62. The van der Waals surface area contributed by atoms with Gasteiger partial charge in [0.1, 0.15) is 23.6 Å². The number of hydrogen-bond acceptors (Lipinski definition) is 6. The third-order valence-electron chi connectivity index (χ3n) is 7.69. The van der Waals surface area contributed by atoms with Crippen LogP contribution in [0.2, 0.25) is 0 Å². The Hall–Kier alpha value is -4.40. The first-order valence-corrected chi connectivity index (χ1v) is 12.9. The number of hydrogen-bond donors (Lipinski definition) is 1. The van der Waals surface area contributed by atoms with Crippen LogP contribution in [0, 0.1) is 0 Å². The molecule has 0 bridgehead atoms. The van der Waals surface area contributed by atoms with Crippen LogP contribution < -0.4 is 15.0 Å². The first-order chi connectivity index (χ1) is 18.5. The van der Waals surface area contributed by atoms with E-state index in [2.05, 4.69) is 20.2 Å². The molecule has 6 rings (SSSR count). The number of benzene rings is 2. The van der Waals surface area contributed by atoms with Gasteiger partial charge >= 0.3 is 6.03 Å². The Morgan fingerprint density at radius 3 is 2.68 bits per heavy atom. The predicted molar refractivity (Wildman–Crippen MR) is 146 cm³/mol. The number of aryl methyl sites for hydroxylation is 1. The zero-order valence-electron chi connectivity index (χ0n) is 21.6. The summed E-state index contributed by atoms with van der Waals surface area (Å²) < 4.78 is 7.31. The number of piperidine rings is 1. The number of nitrogens with zero attached hydrogens (tertiary/aromatic N) is 5. The molecule has 38 heavy (non-hydrogen) atoms. The van der Waals surface area contributed by atoms with E-state index in [4.69, 9.17) is 4.74 Å². The van der Waals surface area contributed by atoms with Gasteiger partial charge in [-0.3, -0.25) is 4.79 Å². The van der Waals surface area contributed by atoms with Crippen molar-refractivity contribution < 1.29 is 14.3 Å². The summed E-state index contributed by atoms with van der Waals surface area (Å²) in [5.74, 6) is 1.42. The molecule has 2 aromatic carbocycles. The third kappa shape index (κ3) is 4.34. The molecule has 1 N–H and O–H groups in total. The van der Waals surface area contributed by atoms with E-state index in [9.17, 15) is 9.59 Å². The van der Waals surface area contributed by atoms with Gasteiger partial charge in [0.2, 0.25) is 5.78 Å². The highest BCUT2D eigenvalue weighted by Gasteiger charge is 2.31. The smallest absolute Gasteiger partial charge is 0.322 e. The van der Waals surface area contributed by atoms with Crippen LogP contribution in [0.1, 0.15) is 34.5 Å². The van der Waals surface area contributed by atoms with Crippen LogP contribution in [0.15, 0.2) is 61.1 Å². The van der Waals surface area contributed by atoms with E-state index in [-0.39, 0.29) is 17.9 Å². The van der Waals surface area contributed by atoms with Crippen LogP contribution in [0.3, 0.4) is 0 Å². The van der Waals surface area contributed by atoms with E-state index in [1.807, 2.05) is 65.2 Å². The summed E-state index contributed by atoms with van der Waals surface area (Å²) in [5.41, 5.74) is 3.96. The second-order valence-corrected chi connectivity index (χ2v) is 9.88. The number of ether oxygens (including phenoxy) is 1. The molecule has 4 heterocycles. The third-order valence-corrected chi connectivity index (χ3v) is 7.69. The van der Waals surface area contributed by atoms with Crippen LogP contribution >= 0.6 is 0 Å². The van der Waals surface area contributed by atoms with Crippen molar-refractivity contribution in [3.8, 4) is 5.75 Å². The molecule has 2 amide bonds. The van der Waals surface area contributed by atoms with Crippen molar-refractivity contribution >= 4 is 34.2 Å². The van der Waals surface area contributed by atoms with Crippen molar-refractivity contribution in [2.45, 2.75) is 25.3 Å². The van der Waals surface area contributed by atoms with Crippen molar-refractivity contribution in [3.63, 3.8) is 0 Å². The molecule has 0 aliphatic carbocycles. The highest BCUT2D eigenvalue weighted by Crippen LogP contribution is 2.29. The van der Waals surface area contributed by atoms with Gasteiger partial charge in [0.15, 0.2) is 0 Å². The molecule has 0 atom stereocenters. The highest BCUT2D eigenvalue weighted by molar-refractivity contribution is 6.15. The van der Waals surface area contributed by atoms with Gasteiger partial charge in [-0.05, 0) is 49.1 Å². The maximum Gasteiger partial charge on any atom is 0.322 e. The summed E-state index contributed by atoms with van der Waals surface area (Å²) in [7, 11) is 3.59. The number of para-hydroxylation sites is 1. The number of carbonyl (C=O) groups is 2. The van der Waals surface area contributed by atoms with Gasteiger partial charge in [-0.15, -0.1) is 0 Å². The summed E-state index contributed by atoms with van der Waals surface area (Å²) in [6, 6.07) is 15.5. The molecule has 0 radical (unpaired) electrons. The molecule has 9 heteroatoms. The second kappa shape index (κ2) is 9.81. The molecule has 0 saturated carbocycles. The largest absolute Gasteiger partial charge is 0.497 e. The quantitative estimate of drug-likeness (QED) is 0.403. The van der Waals surface area contributed by atoms with E-state index in [0.717, 1.165) is 66.1 Å². The summed E-state index contributed by atoms with van der Waals surface area (Å²) in [6.07, 6.45) is 5.75. The molecule has 2 aliphatic heterocycles. The number of urea groups is 1. The van der Waals surface area contributed by atoms with Gasteiger partial charge in [0.25, 0.3) is 0 Å². The minimum atomic E-state index is -0.113. The Labute approximate surface area is 221 Å². The second-order valence-electron chi connectivity index (χ2n) is 9.88. The molecule has 9 nitrogen and oxygen atoms in total. The number of ketones is 1. The van der Waals surface area contributed by atoms with Gasteiger partial charge < -0.3 is 24.4 Å².